The first kappa shape index (κ1) is 12.3. The average Bonchev–Trinajstić information content (AvgIpc) is 2.34. The SMILES string of the molecule is Cc1cn(C2CCCC(CN)O2)c(=O)nc1C. The summed E-state index contributed by atoms with van der Waals surface area (Å²) in [4.78, 5) is 15.8. The summed E-state index contributed by atoms with van der Waals surface area (Å²) in [5, 5.41) is 0. The average molecular weight is 237 g/mol. The second kappa shape index (κ2) is 4.98. The maximum absolute atomic E-state index is 11.8. The summed E-state index contributed by atoms with van der Waals surface area (Å²) < 4.78 is 7.38. The normalized spacial score (nSPS) is 24.9. The first-order chi connectivity index (χ1) is 8.11. The van der Waals surface area contributed by atoms with Crippen LogP contribution in [0.1, 0.15) is 36.7 Å². The van der Waals surface area contributed by atoms with Crippen molar-refractivity contribution in [1.82, 2.24) is 9.55 Å². The van der Waals surface area contributed by atoms with Gasteiger partial charge in [-0.2, -0.15) is 4.98 Å². The Kier molecular flexibility index (Phi) is 3.59. The molecule has 5 heteroatoms. The topological polar surface area (TPSA) is 70.1 Å². The van der Waals surface area contributed by atoms with E-state index in [0.29, 0.717) is 6.54 Å². The smallest absolute Gasteiger partial charge is 0.349 e. The largest absolute Gasteiger partial charge is 0.353 e. The molecule has 1 saturated heterocycles. The lowest BCUT2D eigenvalue weighted by molar-refractivity contribution is -0.0868. The fraction of sp³-hybridized carbons (Fsp3) is 0.667. The zero-order valence-electron chi connectivity index (χ0n) is 10.3. The molecule has 2 rings (SSSR count). The van der Waals surface area contributed by atoms with Crippen LogP contribution in [-0.4, -0.2) is 22.2 Å². The minimum absolute atomic E-state index is 0.0576. The van der Waals surface area contributed by atoms with Crippen molar-refractivity contribution in [3.8, 4) is 0 Å². The number of hydrogen-bond acceptors (Lipinski definition) is 4. The van der Waals surface area contributed by atoms with Gasteiger partial charge in [0.25, 0.3) is 0 Å². The Morgan fingerprint density at radius 2 is 2.29 bits per heavy atom. The van der Waals surface area contributed by atoms with Crippen molar-refractivity contribution in [1.29, 1.82) is 0 Å². The first-order valence-corrected chi connectivity index (χ1v) is 6.03. The third kappa shape index (κ3) is 2.56. The summed E-state index contributed by atoms with van der Waals surface area (Å²) in [7, 11) is 0. The molecule has 1 aromatic rings. The molecule has 2 atom stereocenters. The van der Waals surface area contributed by atoms with E-state index in [1.54, 1.807) is 4.57 Å². The zero-order chi connectivity index (χ0) is 12.4. The fourth-order valence-corrected chi connectivity index (χ4v) is 2.11. The molecule has 94 valence electrons. The van der Waals surface area contributed by atoms with Crippen molar-refractivity contribution < 1.29 is 4.74 Å². The lowest BCUT2D eigenvalue weighted by Gasteiger charge is -2.30. The van der Waals surface area contributed by atoms with Crippen molar-refractivity contribution >= 4 is 0 Å². The summed E-state index contributed by atoms with van der Waals surface area (Å²) in [5.41, 5.74) is 7.15. The van der Waals surface area contributed by atoms with E-state index in [-0.39, 0.29) is 18.0 Å². The van der Waals surface area contributed by atoms with Gasteiger partial charge in [-0.25, -0.2) is 4.79 Å². The molecule has 0 radical (unpaired) electrons. The predicted octanol–water partition coefficient (Wildman–Crippen LogP) is 0.887. The van der Waals surface area contributed by atoms with Crippen LogP contribution in [0.3, 0.4) is 0 Å². The van der Waals surface area contributed by atoms with E-state index in [0.717, 1.165) is 30.5 Å². The Balaban J connectivity index is 2.27. The number of rotatable bonds is 2. The first-order valence-electron chi connectivity index (χ1n) is 6.03. The van der Waals surface area contributed by atoms with Gasteiger partial charge in [-0.3, -0.25) is 4.57 Å². The summed E-state index contributed by atoms with van der Waals surface area (Å²) in [6, 6.07) is 0. The summed E-state index contributed by atoms with van der Waals surface area (Å²) in [6.07, 6.45) is 4.53. The third-order valence-electron chi connectivity index (χ3n) is 3.29. The van der Waals surface area contributed by atoms with Crippen molar-refractivity contribution in [3.63, 3.8) is 0 Å². The summed E-state index contributed by atoms with van der Waals surface area (Å²) >= 11 is 0. The number of hydrogen-bond donors (Lipinski definition) is 1. The van der Waals surface area contributed by atoms with Gasteiger partial charge >= 0.3 is 5.69 Å². The van der Waals surface area contributed by atoms with E-state index in [1.165, 1.54) is 0 Å². The number of aromatic nitrogens is 2. The van der Waals surface area contributed by atoms with Crippen molar-refractivity contribution in [2.75, 3.05) is 6.54 Å². The van der Waals surface area contributed by atoms with Gasteiger partial charge < -0.3 is 10.5 Å². The van der Waals surface area contributed by atoms with E-state index >= 15 is 0 Å². The Hall–Kier alpha value is -1.20. The molecule has 0 amide bonds. The highest BCUT2D eigenvalue weighted by atomic mass is 16.5. The number of nitrogens with two attached hydrogens (primary N) is 1. The Morgan fingerprint density at radius 1 is 1.53 bits per heavy atom. The van der Waals surface area contributed by atoms with Gasteiger partial charge in [0.1, 0.15) is 6.23 Å². The molecule has 2 unspecified atom stereocenters. The molecule has 2 heterocycles. The Morgan fingerprint density at radius 3 is 3.00 bits per heavy atom. The van der Waals surface area contributed by atoms with Crippen LogP contribution >= 0.6 is 0 Å². The van der Waals surface area contributed by atoms with Gasteiger partial charge in [0, 0.05) is 18.4 Å². The second-order valence-electron chi connectivity index (χ2n) is 4.58. The maximum atomic E-state index is 11.8. The van der Waals surface area contributed by atoms with Gasteiger partial charge in [0.15, 0.2) is 0 Å². The van der Waals surface area contributed by atoms with Gasteiger partial charge in [0.2, 0.25) is 0 Å². The molecule has 0 saturated carbocycles. The Bertz CT molecular complexity index is 456. The van der Waals surface area contributed by atoms with E-state index < -0.39 is 0 Å². The van der Waals surface area contributed by atoms with Crippen LogP contribution in [0, 0.1) is 13.8 Å². The van der Waals surface area contributed by atoms with Crippen LogP contribution in [0.5, 0.6) is 0 Å². The lowest BCUT2D eigenvalue weighted by atomic mass is 10.1. The molecular weight excluding hydrogens is 218 g/mol. The lowest BCUT2D eigenvalue weighted by Crippen LogP contribution is -2.36. The molecular formula is C12H19N3O2. The van der Waals surface area contributed by atoms with E-state index in [4.69, 9.17) is 10.5 Å². The minimum atomic E-state index is -0.240. The molecule has 1 aromatic heterocycles. The van der Waals surface area contributed by atoms with E-state index in [1.807, 2.05) is 20.0 Å². The van der Waals surface area contributed by atoms with Gasteiger partial charge in [0.05, 0.1) is 6.10 Å². The molecule has 0 spiro atoms. The van der Waals surface area contributed by atoms with E-state index in [2.05, 4.69) is 4.98 Å². The van der Waals surface area contributed by atoms with Gasteiger partial charge in [-0.15, -0.1) is 0 Å². The maximum Gasteiger partial charge on any atom is 0.349 e. The van der Waals surface area contributed by atoms with Crippen LogP contribution in [-0.2, 0) is 4.74 Å². The molecule has 1 aliphatic heterocycles. The number of nitrogens with zero attached hydrogens (tertiary/aromatic N) is 2. The summed E-state index contributed by atoms with van der Waals surface area (Å²) in [5.74, 6) is 0. The zero-order valence-corrected chi connectivity index (χ0v) is 10.3. The monoisotopic (exact) mass is 237 g/mol. The van der Waals surface area contributed by atoms with E-state index in [9.17, 15) is 4.79 Å². The van der Waals surface area contributed by atoms with Crippen LogP contribution in [0.15, 0.2) is 11.0 Å². The van der Waals surface area contributed by atoms with Crippen LogP contribution in [0.2, 0.25) is 0 Å². The van der Waals surface area contributed by atoms with Crippen LogP contribution in [0.25, 0.3) is 0 Å². The molecule has 0 bridgehead atoms. The quantitative estimate of drug-likeness (QED) is 0.829. The standard InChI is InChI=1S/C12H19N3O2/c1-8-7-15(12(16)14-9(8)2)11-5-3-4-10(6-13)17-11/h7,10-11H,3-6,13H2,1-2H3. The highest BCUT2D eigenvalue weighted by Gasteiger charge is 2.23. The van der Waals surface area contributed by atoms with Gasteiger partial charge in [-0.1, -0.05) is 0 Å². The minimum Gasteiger partial charge on any atom is -0.353 e. The highest BCUT2D eigenvalue weighted by molar-refractivity contribution is 5.12. The second-order valence-corrected chi connectivity index (χ2v) is 4.58. The fourth-order valence-electron chi connectivity index (χ4n) is 2.11. The molecule has 0 aromatic carbocycles. The Labute approximate surface area is 101 Å². The van der Waals surface area contributed by atoms with Crippen LogP contribution < -0.4 is 11.4 Å². The van der Waals surface area contributed by atoms with Gasteiger partial charge in [-0.05, 0) is 38.7 Å². The molecule has 17 heavy (non-hydrogen) atoms. The molecule has 0 aliphatic carbocycles. The molecule has 1 fully saturated rings. The van der Waals surface area contributed by atoms with Crippen molar-refractivity contribution in [3.05, 3.63) is 27.9 Å². The van der Waals surface area contributed by atoms with Crippen molar-refractivity contribution in [2.24, 2.45) is 5.73 Å². The molecule has 5 nitrogen and oxygen atoms in total. The third-order valence-corrected chi connectivity index (χ3v) is 3.29. The van der Waals surface area contributed by atoms with Crippen molar-refractivity contribution in [2.45, 2.75) is 45.4 Å². The molecule has 1 aliphatic rings. The number of aryl methyl sites for hydroxylation is 2. The number of ether oxygens (including phenoxy) is 1. The highest BCUT2D eigenvalue weighted by Crippen LogP contribution is 2.25. The summed E-state index contributed by atoms with van der Waals surface area (Å²) in [6.45, 7) is 4.29. The van der Waals surface area contributed by atoms with Crippen LogP contribution in [0.4, 0.5) is 0 Å². The molecule has 2 N–H and O–H groups in total. The predicted molar refractivity (Wildman–Crippen MR) is 64.8 cm³/mol.